The lowest BCUT2D eigenvalue weighted by Gasteiger charge is -2.26. The van der Waals surface area contributed by atoms with E-state index in [0.717, 1.165) is 32.1 Å². The predicted octanol–water partition coefficient (Wildman–Crippen LogP) is -1.19. The molecule has 4 atom stereocenters. The Morgan fingerprint density at radius 1 is 1.14 bits per heavy atom. The van der Waals surface area contributed by atoms with Crippen molar-refractivity contribution >= 4 is 36.4 Å². The summed E-state index contributed by atoms with van der Waals surface area (Å²) in [6, 6.07) is -1.34. The Balaban J connectivity index is 0.000000516. The number of hydrogen-bond donors (Lipinski definition) is 4. The maximum Gasteiger partial charge on any atom is 0.511 e. The van der Waals surface area contributed by atoms with Gasteiger partial charge in [-0.2, -0.15) is 0 Å². The summed E-state index contributed by atoms with van der Waals surface area (Å²) in [6.07, 6.45) is 1.04. The van der Waals surface area contributed by atoms with Crippen LogP contribution in [0.25, 0.3) is 0 Å². The van der Waals surface area contributed by atoms with Gasteiger partial charge >= 0.3 is 12.2 Å². The molecule has 0 spiro atoms. The van der Waals surface area contributed by atoms with Crippen molar-refractivity contribution < 1.29 is 48.1 Å². The van der Waals surface area contributed by atoms with Crippen molar-refractivity contribution in [3.63, 3.8) is 0 Å². The van der Waals surface area contributed by atoms with Crippen LogP contribution in [0.4, 0.5) is 9.59 Å². The van der Waals surface area contributed by atoms with E-state index in [1.54, 1.807) is 16.8 Å². The van der Waals surface area contributed by atoms with Gasteiger partial charge in [0.15, 0.2) is 0 Å². The second-order valence-electron chi connectivity index (χ2n) is 8.56. The van der Waals surface area contributed by atoms with Gasteiger partial charge in [0.1, 0.15) is 18.2 Å². The normalized spacial score (nSPS) is 20.0. The first kappa shape index (κ1) is 31.4. The van der Waals surface area contributed by atoms with E-state index in [9.17, 15) is 33.9 Å². The van der Waals surface area contributed by atoms with Gasteiger partial charge in [-0.15, -0.1) is 0 Å². The third kappa shape index (κ3) is 10.9. The number of nitrogens with zero attached hydrogens (tertiary/aromatic N) is 2. The van der Waals surface area contributed by atoms with Crippen molar-refractivity contribution in [3.05, 3.63) is 0 Å². The van der Waals surface area contributed by atoms with Gasteiger partial charge in [-0.3, -0.25) is 19.2 Å². The van der Waals surface area contributed by atoms with Crippen molar-refractivity contribution in [3.8, 4) is 0 Å². The third-order valence-electron chi connectivity index (χ3n) is 5.74. The van der Waals surface area contributed by atoms with Crippen LogP contribution in [0.15, 0.2) is 0 Å². The number of alkyl carbamates (subject to hydrolysis) is 1. The highest BCUT2D eigenvalue weighted by molar-refractivity contribution is 5.86. The molecule has 15 heteroatoms. The second kappa shape index (κ2) is 16.2. The lowest BCUT2D eigenvalue weighted by atomic mass is 10.2. The van der Waals surface area contributed by atoms with E-state index in [1.807, 2.05) is 6.92 Å². The van der Waals surface area contributed by atoms with Crippen LogP contribution in [0, 0.1) is 0 Å². The Morgan fingerprint density at radius 3 is 2.35 bits per heavy atom. The number of likely N-dealkylation sites (tertiary alicyclic amines) is 2. The molecule has 2 aliphatic heterocycles. The van der Waals surface area contributed by atoms with Crippen LogP contribution < -0.4 is 16.4 Å². The lowest BCUT2D eigenvalue weighted by molar-refractivity contribution is -0.135. The van der Waals surface area contributed by atoms with Gasteiger partial charge in [0.2, 0.25) is 30.9 Å². The molecule has 4 unspecified atom stereocenters. The predicted molar refractivity (Wildman–Crippen MR) is 126 cm³/mol. The van der Waals surface area contributed by atoms with Gasteiger partial charge in [-0.1, -0.05) is 0 Å². The zero-order valence-corrected chi connectivity index (χ0v) is 21.3. The minimum Gasteiger partial charge on any atom is -0.431 e. The molecule has 2 aliphatic rings. The van der Waals surface area contributed by atoms with E-state index in [0.29, 0.717) is 13.1 Å². The molecule has 0 radical (unpaired) electrons. The lowest BCUT2D eigenvalue weighted by Crippen LogP contribution is -2.51. The number of rotatable bonds is 10. The van der Waals surface area contributed by atoms with Crippen molar-refractivity contribution in [1.82, 2.24) is 20.4 Å². The molecule has 0 saturated carbocycles. The fourth-order valence-electron chi connectivity index (χ4n) is 3.85. The first-order chi connectivity index (χ1) is 17.5. The summed E-state index contributed by atoms with van der Waals surface area (Å²) in [5, 5.41) is 14.1. The number of nitrogens with one attached hydrogen (secondary N) is 2. The van der Waals surface area contributed by atoms with Gasteiger partial charge in [0.05, 0.1) is 13.0 Å². The molecule has 0 aromatic rings. The van der Waals surface area contributed by atoms with Crippen LogP contribution in [0.5, 0.6) is 0 Å². The van der Waals surface area contributed by atoms with Crippen molar-refractivity contribution in [2.24, 2.45) is 5.73 Å². The molecule has 5 amide bonds. The average Bonchev–Trinajstić information content (AvgIpc) is 3.50. The Bertz CT molecular complexity index is 811. The topological polar surface area (TPSA) is 207 Å². The first-order valence-electron chi connectivity index (χ1n) is 11.9. The summed E-state index contributed by atoms with van der Waals surface area (Å²) >= 11 is 0. The number of nitrogens with two attached hydrogens (primary N) is 1. The van der Waals surface area contributed by atoms with Crippen LogP contribution in [-0.2, 0) is 33.4 Å². The molecule has 210 valence electrons. The van der Waals surface area contributed by atoms with E-state index in [2.05, 4.69) is 24.8 Å². The first-order valence-corrected chi connectivity index (χ1v) is 11.9. The number of carbonyl (C=O) groups is 6. The molecular formula is C22H37N5O10. The summed E-state index contributed by atoms with van der Waals surface area (Å²) in [4.78, 5) is 70.5. The maximum absolute atomic E-state index is 12.3. The summed E-state index contributed by atoms with van der Waals surface area (Å²) in [6.45, 7) is 3.24. The number of amides is 5. The molecule has 15 nitrogen and oxygen atoms in total. The highest BCUT2D eigenvalue weighted by Gasteiger charge is 2.32. The summed E-state index contributed by atoms with van der Waals surface area (Å²) in [5.74, 6) is -1.11. The number of aliphatic hydroxyl groups excluding tert-OH is 1. The molecule has 2 heterocycles. The molecule has 0 aromatic carbocycles. The Kier molecular flexibility index (Phi) is 13.7. The van der Waals surface area contributed by atoms with Crippen LogP contribution in [0.3, 0.4) is 0 Å². The quantitative estimate of drug-likeness (QED) is 0.151. The Hall–Kier alpha value is -3.62. The molecule has 5 N–H and O–H groups in total. The highest BCUT2D eigenvalue weighted by Crippen LogP contribution is 2.17. The van der Waals surface area contributed by atoms with Crippen LogP contribution in [0.2, 0.25) is 0 Å². The number of ether oxygens (including phenoxy) is 3. The summed E-state index contributed by atoms with van der Waals surface area (Å²) in [5.41, 5.74) is 4.95. The molecule has 2 rings (SSSR count). The summed E-state index contributed by atoms with van der Waals surface area (Å²) < 4.78 is 13.8. The van der Waals surface area contributed by atoms with Crippen molar-refractivity contribution in [2.45, 2.75) is 70.2 Å². The number of hydrogen-bond acceptors (Lipinski definition) is 10. The number of primary amides is 1. The monoisotopic (exact) mass is 531 g/mol. The van der Waals surface area contributed by atoms with Gasteiger partial charge in [0.25, 0.3) is 0 Å². The van der Waals surface area contributed by atoms with Gasteiger partial charge < -0.3 is 45.5 Å². The minimum absolute atomic E-state index is 0.0369. The van der Waals surface area contributed by atoms with Gasteiger partial charge in [-0.25, -0.2) is 9.59 Å². The van der Waals surface area contributed by atoms with E-state index < -0.39 is 49.6 Å². The molecule has 2 saturated heterocycles. The molecule has 0 aliphatic carbocycles. The Labute approximate surface area is 214 Å². The highest BCUT2D eigenvalue weighted by atomic mass is 16.8. The van der Waals surface area contributed by atoms with Crippen molar-refractivity contribution in [1.29, 1.82) is 0 Å². The SMILES string of the molecule is CC(CC(N)=O)OC(=O)OCOC(=O)NC(CO)C(=O)N1CCCC1C.CNC(=O)C1CCCN1C=O. The molecule has 0 aromatic heterocycles. The van der Waals surface area contributed by atoms with Gasteiger partial charge in [0, 0.05) is 26.2 Å². The van der Waals surface area contributed by atoms with Crippen molar-refractivity contribution in [2.75, 3.05) is 33.5 Å². The molecule has 0 bridgehead atoms. The average molecular weight is 532 g/mol. The molecule has 37 heavy (non-hydrogen) atoms. The van der Waals surface area contributed by atoms with Crippen LogP contribution >= 0.6 is 0 Å². The van der Waals surface area contributed by atoms with E-state index in [1.165, 1.54) is 6.92 Å². The largest absolute Gasteiger partial charge is 0.511 e. The fraction of sp³-hybridized carbons (Fsp3) is 0.727. The van der Waals surface area contributed by atoms with E-state index in [4.69, 9.17) is 5.73 Å². The standard InChI is InChI=1S/C15H25N3O8.C7H12N2O2/c1-9-4-3-5-18(9)13(21)11(7-19)17-14(22)24-8-25-15(23)26-10(2)6-12(16)20;1-8-7(11)6-3-2-4-9(6)5-10/h9-11,19H,3-8H2,1-2H3,(H2,16,20)(H,17,22);5-6H,2-4H2,1H3,(H,8,11). The van der Waals surface area contributed by atoms with E-state index in [-0.39, 0.29) is 24.4 Å². The number of likely N-dealkylation sites (N-methyl/N-ethyl adjacent to an activating group) is 1. The van der Waals surface area contributed by atoms with Crippen LogP contribution in [-0.4, -0.2) is 109 Å². The Morgan fingerprint density at radius 2 is 1.81 bits per heavy atom. The second-order valence-corrected chi connectivity index (χ2v) is 8.56. The number of aliphatic hydroxyl groups is 1. The summed E-state index contributed by atoms with van der Waals surface area (Å²) in [7, 11) is 1.59. The molecular weight excluding hydrogens is 494 g/mol. The molecule has 2 fully saturated rings. The third-order valence-corrected chi connectivity index (χ3v) is 5.74. The van der Waals surface area contributed by atoms with Gasteiger partial charge in [-0.05, 0) is 39.5 Å². The van der Waals surface area contributed by atoms with E-state index >= 15 is 0 Å². The number of carbonyl (C=O) groups excluding carboxylic acids is 6. The zero-order valence-electron chi connectivity index (χ0n) is 21.3. The maximum atomic E-state index is 12.3. The fourth-order valence-corrected chi connectivity index (χ4v) is 3.85. The van der Waals surface area contributed by atoms with Crippen LogP contribution in [0.1, 0.15) is 46.0 Å². The zero-order chi connectivity index (χ0) is 28.0. The smallest absolute Gasteiger partial charge is 0.431 e. The minimum atomic E-state index is -1.15.